The predicted molar refractivity (Wildman–Crippen MR) is 69.1 cm³/mol. The maximum atomic E-state index is 11.9. The number of thiazole rings is 1. The van der Waals surface area contributed by atoms with Crippen LogP contribution in [0.25, 0.3) is 0 Å². The highest BCUT2D eigenvalue weighted by Crippen LogP contribution is 2.13. The Bertz CT molecular complexity index is 552. The third kappa shape index (κ3) is 3.74. The maximum Gasteiger partial charge on any atom is 0.309 e. The zero-order chi connectivity index (χ0) is 14.6. The van der Waals surface area contributed by atoms with Crippen LogP contribution < -0.4 is 4.72 Å². The first-order valence-electron chi connectivity index (χ1n) is 5.31. The van der Waals surface area contributed by atoms with Crippen LogP contribution in [-0.4, -0.2) is 37.6 Å². The predicted octanol–water partition coefficient (Wildman–Crippen LogP) is 0.400. The van der Waals surface area contributed by atoms with Crippen LogP contribution >= 0.6 is 11.3 Å². The first kappa shape index (κ1) is 15.6. The molecule has 1 N–H and O–H groups in total. The van der Waals surface area contributed by atoms with Crippen molar-refractivity contribution in [2.75, 3.05) is 7.11 Å². The molecule has 1 amide bonds. The summed E-state index contributed by atoms with van der Waals surface area (Å²) in [5.41, 5.74) is 1.44. The molecule has 7 nitrogen and oxygen atoms in total. The molecular weight excluding hydrogens is 292 g/mol. The molecule has 1 aromatic heterocycles. The molecule has 0 aliphatic rings. The molecule has 106 valence electrons. The summed E-state index contributed by atoms with van der Waals surface area (Å²) in [6.07, 6.45) is 0. The molecule has 0 saturated carbocycles. The monoisotopic (exact) mass is 306 g/mol. The Balaban J connectivity index is 2.81. The molecule has 0 aliphatic carbocycles. The Labute approximate surface area is 115 Å². The number of ether oxygens (including phenoxy) is 1. The van der Waals surface area contributed by atoms with Crippen LogP contribution in [0, 0.1) is 5.92 Å². The topological polar surface area (TPSA) is 102 Å². The van der Waals surface area contributed by atoms with Crippen LogP contribution in [0.4, 0.5) is 0 Å². The lowest BCUT2D eigenvalue weighted by atomic mass is 10.1. The van der Waals surface area contributed by atoms with Gasteiger partial charge in [-0.25, -0.2) is 18.1 Å². The van der Waals surface area contributed by atoms with Crippen molar-refractivity contribution in [3.8, 4) is 0 Å². The first-order valence-corrected chi connectivity index (χ1v) is 7.80. The maximum absolute atomic E-state index is 11.9. The third-order valence-electron chi connectivity index (χ3n) is 2.67. The molecule has 0 aliphatic heterocycles. The molecule has 19 heavy (non-hydrogen) atoms. The van der Waals surface area contributed by atoms with E-state index in [2.05, 4.69) is 9.72 Å². The lowest BCUT2D eigenvalue weighted by molar-refractivity contribution is -0.144. The van der Waals surface area contributed by atoms with Gasteiger partial charge in [0, 0.05) is 5.38 Å². The lowest BCUT2D eigenvalue weighted by Crippen LogP contribution is -2.42. The normalized spacial score (nSPS) is 14.5. The number of sulfonamides is 1. The summed E-state index contributed by atoms with van der Waals surface area (Å²) in [5, 5.41) is 0.335. The number of aromatic nitrogens is 1. The molecule has 1 rings (SSSR count). The van der Waals surface area contributed by atoms with Crippen molar-refractivity contribution in [3.05, 3.63) is 16.6 Å². The molecule has 0 radical (unpaired) electrons. The first-order chi connectivity index (χ1) is 8.79. The molecule has 0 unspecified atom stereocenters. The Hall–Kier alpha value is -1.48. The second-order valence-corrected chi connectivity index (χ2v) is 6.62. The Kier molecular flexibility index (Phi) is 5.01. The van der Waals surface area contributed by atoms with Gasteiger partial charge in [-0.2, -0.15) is 0 Å². The van der Waals surface area contributed by atoms with Gasteiger partial charge in [-0.3, -0.25) is 9.59 Å². The van der Waals surface area contributed by atoms with E-state index in [0.29, 0.717) is 0 Å². The molecular formula is C10H14N2O5S2. The minimum absolute atomic E-state index is 0.0199. The average Bonchev–Trinajstić information content (AvgIpc) is 2.89. The van der Waals surface area contributed by atoms with Crippen molar-refractivity contribution in [2.45, 2.75) is 19.1 Å². The largest absolute Gasteiger partial charge is 0.469 e. The lowest BCUT2D eigenvalue weighted by Gasteiger charge is -2.18. The molecule has 0 fully saturated rings. The zero-order valence-electron chi connectivity index (χ0n) is 10.6. The van der Waals surface area contributed by atoms with Crippen molar-refractivity contribution in [2.24, 2.45) is 5.92 Å². The SMILES string of the molecule is COC(=O)[C@@H](C)[C@H](C)S(=O)(=O)NC(=O)c1cscn1. The van der Waals surface area contributed by atoms with Crippen LogP contribution in [0.2, 0.25) is 0 Å². The van der Waals surface area contributed by atoms with Crippen molar-refractivity contribution in [3.63, 3.8) is 0 Å². The van der Waals surface area contributed by atoms with Crippen LogP contribution in [0.3, 0.4) is 0 Å². The summed E-state index contributed by atoms with van der Waals surface area (Å²) in [6, 6.07) is 0. The Morgan fingerprint density at radius 3 is 2.53 bits per heavy atom. The summed E-state index contributed by atoms with van der Waals surface area (Å²) in [6.45, 7) is 2.75. The molecule has 1 heterocycles. The Morgan fingerprint density at radius 2 is 2.05 bits per heavy atom. The van der Waals surface area contributed by atoms with E-state index in [0.717, 1.165) is 0 Å². The summed E-state index contributed by atoms with van der Waals surface area (Å²) in [7, 11) is -2.80. The van der Waals surface area contributed by atoms with E-state index < -0.39 is 33.1 Å². The van der Waals surface area contributed by atoms with E-state index in [-0.39, 0.29) is 5.69 Å². The quantitative estimate of drug-likeness (QED) is 0.790. The van der Waals surface area contributed by atoms with Gasteiger partial charge in [-0.05, 0) is 6.92 Å². The number of esters is 1. The molecule has 2 atom stereocenters. The van der Waals surface area contributed by atoms with Crippen LogP contribution in [0.1, 0.15) is 24.3 Å². The van der Waals surface area contributed by atoms with Gasteiger partial charge in [0.25, 0.3) is 5.91 Å². The second kappa shape index (κ2) is 6.11. The highest BCUT2D eigenvalue weighted by molar-refractivity contribution is 7.90. The molecule has 0 bridgehead atoms. The van der Waals surface area contributed by atoms with Crippen LogP contribution in [-0.2, 0) is 19.6 Å². The minimum Gasteiger partial charge on any atom is -0.469 e. The zero-order valence-corrected chi connectivity index (χ0v) is 12.2. The van der Waals surface area contributed by atoms with Gasteiger partial charge in [0.05, 0.1) is 23.8 Å². The van der Waals surface area contributed by atoms with Gasteiger partial charge >= 0.3 is 5.97 Å². The summed E-state index contributed by atoms with van der Waals surface area (Å²) >= 11 is 1.18. The number of nitrogens with one attached hydrogen (secondary N) is 1. The number of rotatable bonds is 5. The number of hydrogen-bond acceptors (Lipinski definition) is 7. The van der Waals surface area contributed by atoms with Gasteiger partial charge in [0.2, 0.25) is 10.0 Å². The summed E-state index contributed by atoms with van der Waals surface area (Å²) in [5.74, 6) is -2.35. The number of methoxy groups -OCH3 is 1. The van der Waals surface area contributed by atoms with E-state index >= 15 is 0 Å². The summed E-state index contributed by atoms with van der Waals surface area (Å²) in [4.78, 5) is 26.6. The fourth-order valence-electron chi connectivity index (χ4n) is 1.25. The van der Waals surface area contributed by atoms with Gasteiger partial charge in [-0.1, -0.05) is 6.92 Å². The number of hydrogen-bond donors (Lipinski definition) is 1. The van der Waals surface area contributed by atoms with E-state index in [1.54, 1.807) is 0 Å². The second-order valence-electron chi connectivity index (χ2n) is 3.87. The number of carbonyl (C=O) groups is 2. The number of nitrogens with zero attached hydrogens (tertiary/aromatic N) is 1. The summed E-state index contributed by atoms with van der Waals surface area (Å²) < 4.78 is 30.2. The molecule has 0 saturated heterocycles. The fourth-order valence-corrected chi connectivity index (χ4v) is 2.97. The van der Waals surface area contributed by atoms with Gasteiger partial charge < -0.3 is 4.74 Å². The molecule has 0 aromatic carbocycles. The molecule has 1 aromatic rings. The van der Waals surface area contributed by atoms with Crippen molar-refractivity contribution in [1.82, 2.24) is 9.71 Å². The van der Waals surface area contributed by atoms with E-state index in [1.165, 1.54) is 43.2 Å². The van der Waals surface area contributed by atoms with E-state index in [9.17, 15) is 18.0 Å². The Morgan fingerprint density at radius 1 is 1.42 bits per heavy atom. The average molecular weight is 306 g/mol. The highest BCUT2D eigenvalue weighted by atomic mass is 32.2. The van der Waals surface area contributed by atoms with Crippen molar-refractivity contribution < 1.29 is 22.7 Å². The van der Waals surface area contributed by atoms with Crippen LogP contribution in [0.5, 0.6) is 0 Å². The highest BCUT2D eigenvalue weighted by Gasteiger charge is 2.33. The van der Waals surface area contributed by atoms with Gasteiger partial charge in [0.15, 0.2) is 0 Å². The van der Waals surface area contributed by atoms with Gasteiger partial charge in [-0.15, -0.1) is 11.3 Å². The van der Waals surface area contributed by atoms with Crippen molar-refractivity contribution in [1.29, 1.82) is 0 Å². The molecule has 0 spiro atoms. The van der Waals surface area contributed by atoms with Crippen molar-refractivity contribution >= 4 is 33.2 Å². The minimum atomic E-state index is -3.98. The van der Waals surface area contributed by atoms with Crippen LogP contribution in [0.15, 0.2) is 10.9 Å². The van der Waals surface area contributed by atoms with Gasteiger partial charge in [0.1, 0.15) is 5.69 Å². The van der Waals surface area contributed by atoms with E-state index in [1.807, 2.05) is 4.72 Å². The molecule has 9 heteroatoms. The van der Waals surface area contributed by atoms with E-state index in [4.69, 9.17) is 0 Å². The number of amides is 1. The number of carbonyl (C=O) groups excluding carboxylic acids is 2. The third-order valence-corrected chi connectivity index (χ3v) is 5.11. The smallest absolute Gasteiger partial charge is 0.309 e. The fraction of sp³-hybridized carbons (Fsp3) is 0.500. The standard InChI is InChI=1S/C10H14N2O5S2/c1-6(10(14)17-3)7(2)19(15,16)12-9(13)8-4-18-5-11-8/h4-7H,1-3H3,(H,12,13)/t6-,7-/m0/s1.